The lowest BCUT2D eigenvalue weighted by Gasteiger charge is -2.32. The fraction of sp³-hybridized carbons (Fsp3) is 0.467. The molecule has 1 fully saturated rings. The third-order valence-electron chi connectivity index (χ3n) is 3.82. The second kappa shape index (κ2) is 6.55. The standard InChI is InChI=1S/C15H20N2O5/c1-2-13(20)17-5-3-10(4-6-17)16-15(22)9-7-11(18)14(21)12(19)8-9/h7-8,10,18-19,21H,2-6H2,1H3,(H,16,22). The van der Waals surface area contributed by atoms with Gasteiger partial charge in [0.2, 0.25) is 5.91 Å². The van der Waals surface area contributed by atoms with Crippen molar-refractivity contribution in [1.29, 1.82) is 0 Å². The lowest BCUT2D eigenvalue weighted by atomic mass is 10.0. The molecule has 0 unspecified atom stereocenters. The van der Waals surface area contributed by atoms with Crippen LogP contribution in [-0.4, -0.2) is 51.2 Å². The molecule has 0 aliphatic carbocycles. The monoisotopic (exact) mass is 308 g/mol. The molecule has 1 saturated heterocycles. The fourth-order valence-corrected chi connectivity index (χ4v) is 2.50. The van der Waals surface area contributed by atoms with Crippen LogP contribution in [0.5, 0.6) is 17.2 Å². The zero-order valence-electron chi connectivity index (χ0n) is 12.4. The Bertz CT molecular complexity index is 556. The number of hydrogen-bond donors (Lipinski definition) is 4. The first-order valence-corrected chi connectivity index (χ1v) is 7.26. The van der Waals surface area contributed by atoms with Crippen molar-refractivity contribution in [2.45, 2.75) is 32.2 Å². The molecule has 7 heteroatoms. The molecule has 0 aromatic heterocycles. The van der Waals surface area contributed by atoms with Crippen molar-refractivity contribution < 1.29 is 24.9 Å². The van der Waals surface area contributed by atoms with E-state index in [1.807, 2.05) is 6.92 Å². The van der Waals surface area contributed by atoms with E-state index in [4.69, 9.17) is 0 Å². The number of piperidine rings is 1. The van der Waals surface area contributed by atoms with Gasteiger partial charge in [-0.1, -0.05) is 6.92 Å². The number of benzene rings is 1. The summed E-state index contributed by atoms with van der Waals surface area (Å²) < 4.78 is 0. The van der Waals surface area contributed by atoms with Crippen LogP contribution < -0.4 is 5.32 Å². The van der Waals surface area contributed by atoms with Gasteiger partial charge in [-0.25, -0.2) is 0 Å². The van der Waals surface area contributed by atoms with E-state index in [9.17, 15) is 24.9 Å². The zero-order chi connectivity index (χ0) is 16.3. The SMILES string of the molecule is CCC(=O)N1CCC(NC(=O)c2cc(O)c(O)c(O)c2)CC1. The molecule has 1 aromatic rings. The Hall–Kier alpha value is -2.44. The average Bonchev–Trinajstić information content (AvgIpc) is 2.52. The Balaban J connectivity index is 1.95. The number of phenolic OH excluding ortho intramolecular Hbond substituents is 3. The highest BCUT2D eigenvalue weighted by molar-refractivity contribution is 5.95. The highest BCUT2D eigenvalue weighted by atomic mass is 16.3. The van der Waals surface area contributed by atoms with Gasteiger partial charge in [0.1, 0.15) is 0 Å². The minimum atomic E-state index is -0.650. The zero-order valence-corrected chi connectivity index (χ0v) is 12.4. The van der Waals surface area contributed by atoms with Crippen LogP contribution in [-0.2, 0) is 4.79 Å². The topological polar surface area (TPSA) is 110 Å². The minimum Gasteiger partial charge on any atom is -0.504 e. The van der Waals surface area contributed by atoms with Crippen LogP contribution in [0.25, 0.3) is 0 Å². The number of amides is 2. The summed E-state index contributed by atoms with van der Waals surface area (Å²) >= 11 is 0. The molecule has 1 aliphatic rings. The Morgan fingerprint density at radius 3 is 2.23 bits per heavy atom. The maximum atomic E-state index is 12.1. The lowest BCUT2D eigenvalue weighted by Crippen LogP contribution is -2.46. The Labute approximate surface area is 128 Å². The predicted molar refractivity (Wildman–Crippen MR) is 78.8 cm³/mol. The fourth-order valence-electron chi connectivity index (χ4n) is 2.50. The molecule has 2 rings (SSSR count). The van der Waals surface area contributed by atoms with Gasteiger partial charge in [-0.05, 0) is 25.0 Å². The van der Waals surface area contributed by atoms with Crippen LogP contribution in [0, 0.1) is 0 Å². The molecular formula is C15H20N2O5. The van der Waals surface area contributed by atoms with Crippen molar-refractivity contribution in [3.8, 4) is 17.2 Å². The summed E-state index contributed by atoms with van der Waals surface area (Å²) in [6.07, 6.45) is 1.80. The van der Waals surface area contributed by atoms with Crippen LogP contribution in [0.1, 0.15) is 36.5 Å². The lowest BCUT2D eigenvalue weighted by molar-refractivity contribution is -0.131. The maximum absolute atomic E-state index is 12.1. The number of nitrogens with one attached hydrogen (secondary N) is 1. The Morgan fingerprint density at radius 1 is 1.18 bits per heavy atom. The van der Waals surface area contributed by atoms with Crippen molar-refractivity contribution in [3.63, 3.8) is 0 Å². The number of likely N-dealkylation sites (tertiary alicyclic amines) is 1. The molecule has 120 valence electrons. The molecule has 0 spiro atoms. The quantitative estimate of drug-likeness (QED) is 0.621. The minimum absolute atomic E-state index is 0.0634. The normalized spacial score (nSPS) is 15.6. The molecule has 0 saturated carbocycles. The first kappa shape index (κ1) is 15.9. The van der Waals surface area contributed by atoms with E-state index in [0.717, 1.165) is 12.1 Å². The highest BCUT2D eigenvalue weighted by Crippen LogP contribution is 2.35. The maximum Gasteiger partial charge on any atom is 0.251 e. The summed E-state index contributed by atoms with van der Waals surface area (Å²) in [6.45, 7) is 3.02. The number of carbonyl (C=O) groups is 2. The molecule has 7 nitrogen and oxygen atoms in total. The van der Waals surface area contributed by atoms with Gasteiger partial charge in [-0.3, -0.25) is 9.59 Å². The molecule has 1 heterocycles. The van der Waals surface area contributed by atoms with E-state index >= 15 is 0 Å². The van der Waals surface area contributed by atoms with E-state index in [1.165, 1.54) is 0 Å². The van der Waals surface area contributed by atoms with Crippen molar-refractivity contribution in [2.24, 2.45) is 0 Å². The van der Waals surface area contributed by atoms with Crippen molar-refractivity contribution >= 4 is 11.8 Å². The van der Waals surface area contributed by atoms with Crippen LogP contribution in [0.15, 0.2) is 12.1 Å². The van der Waals surface area contributed by atoms with Crippen molar-refractivity contribution in [2.75, 3.05) is 13.1 Å². The Morgan fingerprint density at radius 2 is 1.73 bits per heavy atom. The van der Waals surface area contributed by atoms with Crippen LogP contribution in [0.4, 0.5) is 0 Å². The molecule has 0 atom stereocenters. The van der Waals surface area contributed by atoms with Gasteiger partial charge < -0.3 is 25.5 Å². The smallest absolute Gasteiger partial charge is 0.251 e. The van der Waals surface area contributed by atoms with Gasteiger partial charge in [-0.2, -0.15) is 0 Å². The molecule has 1 aromatic carbocycles. The second-order valence-corrected chi connectivity index (χ2v) is 5.35. The Kier molecular flexibility index (Phi) is 4.75. The summed E-state index contributed by atoms with van der Waals surface area (Å²) in [4.78, 5) is 25.5. The summed E-state index contributed by atoms with van der Waals surface area (Å²) in [5, 5.41) is 30.9. The van der Waals surface area contributed by atoms with Gasteiger partial charge in [0.25, 0.3) is 5.91 Å². The summed E-state index contributed by atoms with van der Waals surface area (Å²) in [5.41, 5.74) is 0.0693. The molecule has 22 heavy (non-hydrogen) atoms. The van der Waals surface area contributed by atoms with Gasteiger partial charge in [0, 0.05) is 31.1 Å². The van der Waals surface area contributed by atoms with Gasteiger partial charge >= 0.3 is 0 Å². The third-order valence-corrected chi connectivity index (χ3v) is 3.82. The number of aromatic hydroxyl groups is 3. The van der Waals surface area contributed by atoms with Crippen LogP contribution in [0.2, 0.25) is 0 Å². The van der Waals surface area contributed by atoms with E-state index in [-0.39, 0.29) is 17.5 Å². The number of carbonyl (C=O) groups excluding carboxylic acids is 2. The molecule has 0 bridgehead atoms. The molecule has 1 aliphatic heterocycles. The van der Waals surface area contributed by atoms with Crippen LogP contribution >= 0.6 is 0 Å². The molecule has 0 radical (unpaired) electrons. The second-order valence-electron chi connectivity index (χ2n) is 5.35. The van der Waals surface area contributed by atoms with Crippen molar-refractivity contribution in [1.82, 2.24) is 10.2 Å². The summed E-state index contributed by atoms with van der Waals surface area (Å²) in [5.74, 6) is -2.08. The molecule has 2 amide bonds. The average molecular weight is 308 g/mol. The molecular weight excluding hydrogens is 288 g/mol. The third kappa shape index (κ3) is 3.41. The van der Waals surface area contributed by atoms with E-state index in [2.05, 4.69) is 5.32 Å². The largest absolute Gasteiger partial charge is 0.504 e. The predicted octanol–water partition coefficient (Wildman–Crippen LogP) is 0.934. The summed E-state index contributed by atoms with van der Waals surface area (Å²) in [7, 11) is 0. The first-order valence-electron chi connectivity index (χ1n) is 7.26. The van der Waals surface area contributed by atoms with Gasteiger partial charge in [-0.15, -0.1) is 0 Å². The number of phenols is 3. The van der Waals surface area contributed by atoms with E-state index in [0.29, 0.717) is 32.4 Å². The van der Waals surface area contributed by atoms with Gasteiger partial charge in [0.15, 0.2) is 17.2 Å². The van der Waals surface area contributed by atoms with E-state index < -0.39 is 23.2 Å². The highest BCUT2D eigenvalue weighted by Gasteiger charge is 2.24. The van der Waals surface area contributed by atoms with Crippen LogP contribution in [0.3, 0.4) is 0 Å². The number of hydrogen-bond acceptors (Lipinski definition) is 5. The summed E-state index contributed by atoms with van der Waals surface area (Å²) in [6, 6.07) is 2.13. The van der Waals surface area contributed by atoms with E-state index in [1.54, 1.807) is 4.90 Å². The number of rotatable bonds is 3. The van der Waals surface area contributed by atoms with Crippen molar-refractivity contribution in [3.05, 3.63) is 17.7 Å². The van der Waals surface area contributed by atoms with Gasteiger partial charge in [0.05, 0.1) is 0 Å². The number of nitrogens with zero attached hydrogens (tertiary/aromatic N) is 1. The first-order chi connectivity index (χ1) is 10.4. The molecule has 4 N–H and O–H groups in total.